The highest BCUT2D eigenvalue weighted by atomic mass is 35.5. The molecule has 0 aliphatic carbocycles. The molecule has 2 N–H and O–H groups in total. The molecule has 82 valence electrons. The van der Waals surface area contributed by atoms with Gasteiger partial charge in [0.15, 0.2) is 0 Å². The highest BCUT2D eigenvalue weighted by molar-refractivity contribution is 6.42. The van der Waals surface area contributed by atoms with Crippen LogP contribution in [0.5, 0.6) is 0 Å². The number of carboxylic acids is 1. The van der Waals surface area contributed by atoms with Crippen molar-refractivity contribution in [1.29, 1.82) is 0 Å². The van der Waals surface area contributed by atoms with Gasteiger partial charge in [-0.05, 0) is 24.6 Å². The zero-order valence-electron chi connectivity index (χ0n) is 8.13. The molecule has 1 rings (SSSR count). The summed E-state index contributed by atoms with van der Waals surface area (Å²) in [6.45, 7) is 1.79. The zero-order chi connectivity index (χ0) is 11.4. The zero-order valence-corrected chi connectivity index (χ0v) is 9.64. The lowest BCUT2D eigenvalue weighted by molar-refractivity contribution is -0.137. The summed E-state index contributed by atoms with van der Waals surface area (Å²) in [4.78, 5) is 10.8. The number of carboxylic acid groups (broad SMARTS) is 1. The molecule has 0 aromatic heterocycles. The number of rotatable bonds is 4. The summed E-state index contributed by atoms with van der Waals surface area (Å²) in [6, 6.07) is 4.32. The van der Waals surface area contributed by atoms with Gasteiger partial charge < -0.3 is 10.4 Å². The van der Waals surface area contributed by atoms with Gasteiger partial charge >= 0.3 is 5.97 Å². The molecule has 5 heteroatoms. The fourth-order valence-corrected chi connectivity index (χ4v) is 1.42. The van der Waals surface area contributed by atoms with Crippen LogP contribution in [0, 0.1) is 0 Å². The number of aliphatic carboxylic acids is 1. The number of hydrogen-bond acceptors (Lipinski definition) is 2. The molecule has 0 aliphatic rings. The molecule has 0 bridgehead atoms. The van der Waals surface area contributed by atoms with E-state index in [0.29, 0.717) is 22.2 Å². The average molecular weight is 248 g/mol. The first-order valence-electron chi connectivity index (χ1n) is 4.49. The van der Waals surface area contributed by atoms with E-state index in [0.717, 1.165) is 0 Å². The van der Waals surface area contributed by atoms with Crippen molar-refractivity contribution in [3.63, 3.8) is 0 Å². The number of nitrogens with one attached hydrogen (secondary N) is 1. The fraction of sp³-hybridized carbons (Fsp3) is 0.300. The Morgan fingerprint density at radius 1 is 1.47 bits per heavy atom. The van der Waals surface area contributed by atoms with Crippen molar-refractivity contribution in [2.75, 3.05) is 5.32 Å². The van der Waals surface area contributed by atoms with Crippen molar-refractivity contribution < 1.29 is 9.90 Å². The minimum Gasteiger partial charge on any atom is -0.480 e. The van der Waals surface area contributed by atoms with Crippen LogP contribution in [0.25, 0.3) is 0 Å². The van der Waals surface area contributed by atoms with Crippen LogP contribution in [0.1, 0.15) is 13.3 Å². The molecule has 1 atom stereocenters. The molecule has 0 fully saturated rings. The van der Waals surface area contributed by atoms with Crippen LogP contribution in [-0.4, -0.2) is 17.1 Å². The lowest BCUT2D eigenvalue weighted by Crippen LogP contribution is -2.28. The summed E-state index contributed by atoms with van der Waals surface area (Å²) in [6.07, 6.45) is 0.496. The maximum absolute atomic E-state index is 10.8. The molecule has 0 heterocycles. The first kappa shape index (κ1) is 12.1. The van der Waals surface area contributed by atoms with Crippen molar-refractivity contribution in [3.05, 3.63) is 28.2 Å². The second-order valence-corrected chi connectivity index (χ2v) is 3.89. The van der Waals surface area contributed by atoms with Crippen LogP contribution >= 0.6 is 23.2 Å². The summed E-state index contributed by atoms with van der Waals surface area (Å²) >= 11 is 11.5. The van der Waals surface area contributed by atoms with Crippen LogP contribution < -0.4 is 5.32 Å². The molecule has 0 unspecified atom stereocenters. The quantitative estimate of drug-likeness (QED) is 0.859. The largest absolute Gasteiger partial charge is 0.480 e. The van der Waals surface area contributed by atoms with Crippen molar-refractivity contribution in [1.82, 2.24) is 0 Å². The average Bonchev–Trinajstić information content (AvgIpc) is 2.19. The second-order valence-electron chi connectivity index (χ2n) is 3.07. The highest BCUT2D eigenvalue weighted by Gasteiger charge is 2.14. The lowest BCUT2D eigenvalue weighted by Gasteiger charge is -2.13. The maximum atomic E-state index is 10.8. The molecule has 1 aromatic carbocycles. The van der Waals surface area contributed by atoms with Gasteiger partial charge in [-0.25, -0.2) is 4.79 Å². The third kappa shape index (κ3) is 3.29. The Balaban J connectivity index is 2.80. The van der Waals surface area contributed by atoms with Gasteiger partial charge in [-0.2, -0.15) is 0 Å². The Morgan fingerprint density at radius 2 is 2.13 bits per heavy atom. The van der Waals surface area contributed by atoms with Gasteiger partial charge in [-0.3, -0.25) is 0 Å². The molecule has 0 amide bonds. The van der Waals surface area contributed by atoms with E-state index in [-0.39, 0.29) is 0 Å². The summed E-state index contributed by atoms with van der Waals surface area (Å²) in [5.74, 6) is -0.886. The van der Waals surface area contributed by atoms with Gasteiger partial charge in [0.1, 0.15) is 6.04 Å². The topological polar surface area (TPSA) is 49.3 Å². The van der Waals surface area contributed by atoms with E-state index >= 15 is 0 Å². The van der Waals surface area contributed by atoms with Crippen LogP contribution in [0.15, 0.2) is 18.2 Å². The molecular weight excluding hydrogens is 237 g/mol. The summed E-state index contributed by atoms with van der Waals surface area (Å²) in [5.41, 5.74) is 0.652. The van der Waals surface area contributed by atoms with Crippen LogP contribution in [-0.2, 0) is 4.79 Å². The van der Waals surface area contributed by atoms with E-state index in [2.05, 4.69) is 5.32 Å². The summed E-state index contributed by atoms with van der Waals surface area (Å²) in [7, 11) is 0. The van der Waals surface area contributed by atoms with Crippen LogP contribution in [0.3, 0.4) is 0 Å². The molecule has 15 heavy (non-hydrogen) atoms. The van der Waals surface area contributed by atoms with Crippen LogP contribution in [0.2, 0.25) is 10.0 Å². The van der Waals surface area contributed by atoms with Gasteiger partial charge in [0.05, 0.1) is 10.0 Å². The van der Waals surface area contributed by atoms with E-state index in [4.69, 9.17) is 28.3 Å². The van der Waals surface area contributed by atoms with Crippen molar-refractivity contribution in [2.24, 2.45) is 0 Å². The Bertz CT molecular complexity index is 368. The number of benzene rings is 1. The van der Waals surface area contributed by atoms with Gasteiger partial charge in [-0.15, -0.1) is 0 Å². The minimum absolute atomic E-state index is 0.405. The first-order valence-corrected chi connectivity index (χ1v) is 5.24. The first-order chi connectivity index (χ1) is 7.04. The van der Waals surface area contributed by atoms with E-state index in [1.807, 2.05) is 0 Å². The van der Waals surface area contributed by atoms with Crippen molar-refractivity contribution >= 4 is 34.9 Å². The standard InChI is InChI=1S/C10H11Cl2NO2/c1-2-9(10(14)15)13-6-3-4-7(11)8(12)5-6/h3-5,9,13H,2H2,1H3,(H,14,15)/t9-/m0/s1. The molecule has 0 spiro atoms. The predicted octanol–water partition coefficient (Wildman–Crippen LogP) is 3.27. The van der Waals surface area contributed by atoms with Gasteiger partial charge in [0.2, 0.25) is 0 Å². The molecule has 1 aromatic rings. The Kier molecular flexibility index (Phi) is 4.24. The third-order valence-corrected chi connectivity index (χ3v) is 2.71. The Hall–Kier alpha value is -0.930. The summed E-state index contributed by atoms with van der Waals surface area (Å²) in [5, 5.41) is 12.5. The van der Waals surface area contributed by atoms with E-state index in [1.165, 1.54) is 0 Å². The Morgan fingerprint density at radius 3 is 2.60 bits per heavy atom. The SMILES string of the molecule is CC[C@H](Nc1ccc(Cl)c(Cl)c1)C(=O)O. The molecule has 0 saturated carbocycles. The minimum atomic E-state index is -0.886. The highest BCUT2D eigenvalue weighted by Crippen LogP contribution is 2.25. The Labute approximate surface area is 98.0 Å². The fourth-order valence-electron chi connectivity index (χ4n) is 1.13. The second kappa shape index (κ2) is 5.24. The van der Waals surface area contributed by atoms with Gasteiger partial charge in [0.25, 0.3) is 0 Å². The van der Waals surface area contributed by atoms with Crippen LogP contribution in [0.4, 0.5) is 5.69 Å². The summed E-state index contributed by atoms with van der Waals surface area (Å²) < 4.78 is 0. The van der Waals surface area contributed by atoms with E-state index < -0.39 is 12.0 Å². The predicted molar refractivity (Wildman–Crippen MR) is 61.8 cm³/mol. The lowest BCUT2D eigenvalue weighted by atomic mass is 10.2. The normalized spacial score (nSPS) is 12.2. The maximum Gasteiger partial charge on any atom is 0.326 e. The number of anilines is 1. The van der Waals surface area contributed by atoms with E-state index in [9.17, 15) is 4.79 Å². The van der Waals surface area contributed by atoms with Gasteiger partial charge in [-0.1, -0.05) is 30.1 Å². The molecule has 3 nitrogen and oxygen atoms in total. The van der Waals surface area contributed by atoms with Crippen molar-refractivity contribution in [2.45, 2.75) is 19.4 Å². The molecule has 0 aliphatic heterocycles. The number of hydrogen-bond donors (Lipinski definition) is 2. The molecule has 0 radical (unpaired) electrons. The number of halogens is 2. The van der Waals surface area contributed by atoms with Gasteiger partial charge in [0, 0.05) is 5.69 Å². The van der Waals surface area contributed by atoms with Crippen molar-refractivity contribution in [3.8, 4) is 0 Å². The smallest absolute Gasteiger partial charge is 0.326 e. The third-order valence-electron chi connectivity index (χ3n) is 1.97. The monoisotopic (exact) mass is 247 g/mol. The molecule has 0 saturated heterocycles. The molecular formula is C10H11Cl2NO2. The number of carbonyl (C=O) groups is 1. The van der Waals surface area contributed by atoms with E-state index in [1.54, 1.807) is 25.1 Å².